The molecule has 4 heteroatoms. The molecule has 0 bridgehead atoms. The Morgan fingerprint density at radius 3 is 2.40 bits per heavy atom. The van der Waals surface area contributed by atoms with E-state index in [2.05, 4.69) is 15.9 Å². The Morgan fingerprint density at radius 1 is 1.40 bits per heavy atom. The van der Waals surface area contributed by atoms with Crippen molar-refractivity contribution in [3.8, 4) is 0 Å². The molecule has 0 aliphatic heterocycles. The second-order valence-electron chi connectivity index (χ2n) is 4.33. The molecule has 0 atom stereocenters. The summed E-state index contributed by atoms with van der Waals surface area (Å²) < 4.78 is 14.0. The van der Waals surface area contributed by atoms with Crippen LogP contribution >= 0.6 is 27.5 Å². The third-order valence-electron chi connectivity index (χ3n) is 1.94. The Morgan fingerprint density at radius 2 is 1.93 bits per heavy atom. The van der Waals surface area contributed by atoms with Gasteiger partial charge >= 0.3 is 0 Å². The van der Waals surface area contributed by atoms with Crippen LogP contribution in [0.25, 0.3) is 0 Å². The summed E-state index contributed by atoms with van der Waals surface area (Å²) in [4.78, 5) is 11.8. The molecule has 0 saturated carbocycles. The molecule has 82 valence electrons. The minimum atomic E-state index is -0.613. The van der Waals surface area contributed by atoms with Crippen molar-refractivity contribution < 1.29 is 9.18 Å². The molecule has 0 aliphatic rings. The SMILES string of the molecule is CC(C)(C)C(=O)c1cc(Cl)c(Br)cc1F. The summed E-state index contributed by atoms with van der Waals surface area (Å²) in [7, 11) is 0. The van der Waals surface area contributed by atoms with Gasteiger partial charge in [-0.15, -0.1) is 0 Å². The number of carbonyl (C=O) groups is 1. The minimum absolute atomic E-state index is 0.0377. The van der Waals surface area contributed by atoms with E-state index in [1.165, 1.54) is 12.1 Å². The van der Waals surface area contributed by atoms with Crippen LogP contribution in [0.5, 0.6) is 0 Å². The number of carbonyl (C=O) groups excluding carboxylic acids is 1. The van der Waals surface area contributed by atoms with E-state index >= 15 is 0 Å². The number of benzene rings is 1. The minimum Gasteiger partial charge on any atom is -0.293 e. The number of hydrogen-bond donors (Lipinski definition) is 0. The number of Topliss-reactive ketones (excluding diaryl/α,β-unsaturated/α-hetero) is 1. The molecule has 0 aliphatic carbocycles. The van der Waals surface area contributed by atoms with Crippen molar-refractivity contribution in [3.63, 3.8) is 0 Å². The highest BCUT2D eigenvalue weighted by molar-refractivity contribution is 9.10. The number of halogens is 3. The fourth-order valence-electron chi connectivity index (χ4n) is 1.10. The van der Waals surface area contributed by atoms with Crippen molar-refractivity contribution in [2.75, 3.05) is 0 Å². The molecule has 1 rings (SSSR count). The van der Waals surface area contributed by atoms with Crippen LogP contribution in [0.1, 0.15) is 31.1 Å². The van der Waals surface area contributed by atoms with Crippen molar-refractivity contribution in [2.24, 2.45) is 5.41 Å². The summed E-state index contributed by atoms with van der Waals surface area (Å²) in [6.07, 6.45) is 0. The summed E-state index contributed by atoms with van der Waals surface area (Å²) in [6.45, 7) is 5.22. The van der Waals surface area contributed by atoms with Crippen LogP contribution in [0.15, 0.2) is 16.6 Å². The summed E-state index contributed by atoms with van der Waals surface area (Å²) >= 11 is 8.91. The van der Waals surface area contributed by atoms with Gasteiger partial charge in [0.2, 0.25) is 0 Å². The van der Waals surface area contributed by atoms with Gasteiger partial charge in [0.1, 0.15) is 5.82 Å². The molecule has 0 unspecified atom stereocenters. The molecular formula is C11H11BrClFO. The highest BCUT2D eigenvalue weighted by Crippen LogP contribution is 2.29. The second-order valence-corrected chi connectivity index (χ2v) is 5.59. The van der Waals surface area contributed by atoms with Crippen molar-refractivity contribution in [3.05, 3.63) is 33.0 Å². The van der Waals surface area contributed by atoms with Crippen molar-refractivity contribution in [2.45, 2.75) is 20.8 Å². The molecule has 0 heterocycles. The van der Waals surface area contributed by atoms with Gasteiger partial charge in [-0.25, -0.2) is 4.39 Å². The van der Waals surface area contributed by atoms with Gasteiger partial charge in [0, 0.05) is 9.89 Å². The Hall–Kier alpha value is -0.410. The number of rotatable bonds is 1. The molecule has 15 heavy (non-hydrogen) atoms. The zero-order valence-corrected chi connectivity index (χ0v) is 11.0. The van der Waals surface area contributed by atoms with E-state index < -0.39 is 11.2 Å². The summed E-state index contributed by atoms with van der Waals surface area (Å²) in [5.74, 6) is -0.805. The van der Waals surface area contributed by atoms with Gasteiger partial charge in [0.05, 0.1) is 10.6 Å². The lowest BCUT2D eigenvalue weighted by molar-refractivity contribution is 0.0854. The fraction of sp³-hybridized carbons (Fsp3) is 0.364. The average Bonchev–Trinajstić information content (AvgIpc) is 2.08. The van der Waals surface area contributed by atoms with Gasteiger partial charge in [-0.1, -0.05) is 32.4 Å². The van der Waals surface area contributed by atoms with E-state index in [4.69, 9.17) is 11.6 Å². The predicted molar refractivity (Wildman–Crippen MR) is 62.9 cm³/mol. The van der Waals surface area contributed by atoms with Gasteiger partial charge < -0.3 is 0 Å². The van der Waals surface area contributed by atoms with Gasteiger partial charge in [0.25, 0.3) is 0 Å². The van der Waals surface area contributed by atoms with Gasteiger partial charge in [-0.3, -0.25) is 4.79 Å². The van der Waals surface area contributed by atoms with Gasteiger partial charge in [0.15, 0.2) is 5.78 Å². The van der Waals surface area contributed by atoms with E-state index in [-0.39, 0.29) is 11.3 Å². The highest BCUT2D eigenvalue weighted by atomic mass is 79.9. The van der Waals surface area contributed by atoms with Crippen molar-refractivity contribution in [1.29, 1.82) is 0 Å². The maximum atomic E-state index is 13.5. The third kappa shape index (κ3) is 2.79. The van der Waals surface area contributed by atoms with Crippen molar-refractivity contribution >= 4 is 33.3 Å². The zero-order chi connectivity index (χ0) is 11.8. The van der Waals surface area contributed by atoms with Crippen molar-refractivity contribution in [1.82, 2.24) is 0 Å². The molecular weight excluding hydrogens is 282 g/mol. The maximum absolute atomic E-state index is 13.5. The monoisotopic (exact) mass is 292 g/mol. The molecule has 0 radical (unpaired) electrons. The normalized spacial score (nSPS) is 11.6. The summed E-state index contributed by atoms with van der Waals surface area (Å²) in [5, 5.41) is 0.337. The molecule has 1 aromatic carbocycles. The van der Waals surface area contributed by atoms with E-state index in [9.17, 15) is 9.18 Å². The number of ketones is 1. The molecule has 1 nitrogen and oxygen atoms in total. The standard InChI is InChI=1S/C11H11BrClFO/c1-11(2,3)10(15)6-4-8(13)7(12)5-9(6)14/h4-5H,1-3H3. The van der Waals surface area contributed by atoms with Gasteiger partial charge in [-0.05, 0) is 28.1 Å². The molecule has 0 N–H and O–H groups in total. The first-order valence-electron chi connectivity index (χ1n) is 4.43. The fourth-order valence-corrected chi connectivity index (χ4v) is 1.58. The van der Waals surface area contributed by atoms with Crippen LogP contribution in [0.2, 0.25) is 5.02 Å². The van der Waals surface area contributed by atoms with Crippen LogP contribution in [0, 0.1) is 11.2 Å². The summed E-state index contributed by atoms with van der Waals surface area (Å²) in [6, 6.07) is 2.57. The lowest BCUT2D eigenvalue weighted by Gasteiger charge is -2.17. The Balaban J connectivity index is 3.28. The summed E-state index contributed by atoms with van der Waals surface area (Å²) in [5.41, 5.74) is -0.575. The quantitative estimate of drug-likeness (QED) is 0.551. The van der Waals surface area contributed by atoms with Crippen LogP contribution in [0.3, 0.4) is 0 Å². The molecule has 0 fully saturated rings. The largest absolute Gasteiger partial charge is 0.293 e. The van der Waals surface area contributed by atoms with E-state index in [1.807, 2.05) is 0 Å². The maximum Gasteiger partial charge on any atom is 0.171 e. The second kappa shape index (κ2) is 4.22. The first-order valence-corrected chi connectivity index (χ1v) is 5.60. The van der Waals surface area contributed by atoms with E-state index in [1.54, 1.807) is 20.8 Å². The van der Waals surface area contributed by atoms with Crippen LogP contribution in [-0.4, -0.2) is 5.78 Å². The molecule has 1 aromatic rings. The van der Waals surface area contributed by atoms with Crippen LogP contribution < -0.4 is 0 Å². The smallest absolute Gasteiger partial charge is 0.171 e. The lowest BCUT2D eigenvalue weighted by atomic mass is 9.86. The molecule has 0 spiro atoms. The van der Waals surface area contributed by atoms with E-state index in [0.717, 1.165) is 0 Å². The molecule has 0 aromatic heterocycles. The molecule has 0 amide bonds. The number of hydrogen-bond acceptors (Lipinski definition) is 1. The zero-order valence-electron chi connectivity index (χ0n) is 8.70. The topological polar surface area (TPSA) is 17.1 Å². The lowest BCUT2D eigenvalue weighted by Crippen LogP contribution is -2.21. The van der Waals surface area contributed by atoms with Crippen LogP contribution in [0.4, 0.5) is 4.39 Å². The average molecular weight is 294 g/mol. The van der Waals surface area contributed by atoms with Crippen LogP contribution in [-0.2, 0) is 0 Å². The van der Waals surface area contributed by atoms with E-state index in [0.29, 0.717) is 9.50 Å². The first kappa shape index (κ1) is 12.7. The van der Waals surface area contributed by atoms with Gasteiger partial charge in [-0.2, -0.15) is 0 Å². The first-order chi connectivity index (χ1) is 6.73. The Labute approximate surface area is 102 Å². The predicted octanol–water partition coefficient (Wildman–Crippen LogP) is 4.47. The Bertz CT molecular complexity index is 410. The molecule has 0 saturated heterocycles. The Kier molecular flexibility index (Phi) is 3.56. The highest BCUT2D eigenvalue weighted by Gasteiger charge is 2.26. The third-order valence-corrected chi connectivity index (χ3v) is 3.13.